The summed E-state index contributed by atoms with van der Waals surface area (Å²) in [5, 5.41) is 2.95. The van der Waals surface area contributed by atoms with Crippen molar-refractivity contribution in [2.75, 3.05) is 25.1 Å². The highest BCUT2D eigenvalue weighted by molar-refractivity contribution is 6.00. The van der Waals surface area contributed by atoms with Gasteiger partial charge in [-0.2, -0.15) is 0 Å². The lowest BCUT2D eigenvalue weighted by Crippen LogP contribution is -2.39. The molecule has 1 fully saturated rings. The fraction of sp³-hybridized carbons (Fsp3) is 0.333. The van der Waals surface area contributed by atoms with Crippen molar-refractivity contribution in [1.82, 2.24) is 5.32 Å². The van der Waals surface area contributed by atoms with Gasteiger partial charge in [0.05, 0.1) is 19.6 Å². The molecule has 2 amide bonds. The molecular weight excluding hydrogens is 344 g/mol. The number of hydrogen-bond donors (Lipinski definition) is 1. The third-order valence-corrected chi connectivity index (χ3v) is 5.08. The third-order valence-electron chi connectivity index (χ3n) is 5.08. The maximum atomic E-state index is 12.6. The van der Waals surface area contributed by atoms with Gasteiger partial charge in [-0.3, -0.25) is 9.59 Å². The zero-order chi connectivity index (χ0) is 18.8. The lowest BCUT2D eigenvalue weighted by Gasteiger charge is -2.18. The van der Waals surface area contributed by atoms with E-state index in [2.05, 4.69) is 5.32 Å². The summed E-state index contributed by atoms with van der Waals surface area (Å²) in [6, 6.07) is 15.2. The molecule has 6 heteroatoms. The number of fused-ring (bicyclic) bond motifs is 1. The van der Waals surface area contributed by atoms with Gasteiger partial charge in [-0.25, -0.2) is 0 Å². The molecule has 4 rings (SSSR count). The summed E-state index contributed by atoms with van der Waals surface area (Å²) in [6.07, 6.45) is 0.947. The van der Waals surface area contributed by atoms with Crippen LogP contribution in [0, 0.1) is 5.92 Å². The predicted molar refractivity (Wildman–Crippen MR) is 101 cm³/mol. The molecule has 0 radical (unpaired) electrons. The maximum absolute atomic E-state index is 12.6. The van der Waals surface area contributed by atoms with E-state index in [1.807, 2.05) is 48.5 Å². The summed E-state index contributed by atoms with van der Waals surface area (Å²) < 4.78 is 11.1. The van der Waals surface area contributed by atoms with Crippen LogP contribution in [-0.4, -0.2) is 38.1 Å². The van der Waals surface area contributed by atoms with Crippen molar-refractivity contribution in [3.8, 4) is 11.5 Å². The van der Waals surface area contributed by atoms with Gasteiger partial charge in [-0.15, -0.1) is 0 Å². The number of benzene rings is 2. The van der Waals surface area contributed by atoms with Gasteiger partial charge in [-0.05, 0) is 23.8 Å². The number of anilines is 1. The van der Waals surface area contributed by atoms with Crippen LogP contribution in [0.25, 0.3) is 0 Å². The number of methoxy groups -OCH3 is 1. The topological polar surface area (TPSA) is 67.9 Å². The van der Waals surface area contributed by atoms with Crippen LogP contribution < -0.4 is 19.7 Å². The molecule has 2 aromatic rings. The zero-order valence-electron chi connectivity index (χ0n) is 15.2. The van der Waals surface area contributed by atoms with E-state index in [0.717, 1.165) is 23.4 Å². The molecule has 0 aromatic heterocycles. The molecule has 140 valence electrons. The van der Waals surface area contributed by atoms with Crippen molar-refractivity contribution < 1.29 is 19.1 Å². The summed E-state index contributed by atoms with van der Waals surface area (Å²) in [7, 11) is 1.59. The van der Waals surface area contributed by atoms with Crippen LogP contribution in [0.15, 0.2) is 48.5 Å². The first-order chi connectivity index (χ1) is 13.1. The average molecular weight is 366 g/mol. The molecule has 6 nitrogen and oxygen atoms in total. The Morgan fingerprint density at radius 3 is 2.89 bits per heavy atom. The number of para-hydroxylation sites is 1. The molecule has 2 aliphatic heterocycles. The van der Waals surface area contributed by atoms with Crippen molar-refractivity contribution in [2.24, 2.45) is 5.92 Å². The van der Waals surface area contributed by atoms with Gasteiger partial charge in [0.15, 0.2) is 0 Å². The Morgan fingerprint density at radius 1 is 1.22 bits per heavy atom. The number of ether oxygens (including phenoxy) is 2. The minimum absolute atomic E-state index is 0.0482. The van der Waals surface area contributed by atoms with E-state index in [9.17, 15) is 9.59 Å². The molecule has 0 aliphatic carbocycles. The highest BCUT2D eigenvalue weighted by atomic mass is 16.5. The molecule has 2 aliphatic rings. The lowest BCUT2D eigenvalue weighted by molar-refractivity contribution is -0.126. The van der Waals surface area contributed by atoms with Gasteiger partial charge in [0.25, 0.3) is 0 Å². The van der Waals surface area contributed by atoms with Gasteiger partial charge < -0.3 is 19.7 Å². The minimum atomic E-state index is -0.354. The summed E-state index contributed by atoms with van der Waals surface area (Å²) in [5.74, 6) is 1.07. The number of amides is 2. The van der Waals surface area contributed by atoms with Crippen LogP contribution in [-0.2, 0) is 16.0 Å². The van der Waals surface area contributed by atoms with Crippen LogP contribution in [0.3, 0.4) is 0 Å². The van der Waals surface area contributed by atoms with Crippen LogP contribution in [0.4, 0.5) is 5.69 Å². The maximum Gasteiger partial charge on any atom is 0.227 e. The van der Waals surface area contributed by atoms with Crippen molar-refractivity contribution in [1.29, 1.82) is 0 Å². The zero-order valence-corrected chi connectivity index (χ0v) is 15.2. The number of hydrogen-bond acceptors (Lipinski definition) is 4. The number of nitrogens with one attached hydrogen (secondary N) is 1. The fourth-order valence-electron chi connectivity index (χ4n) is 3.64. The van der Waals surface area contributed by atoms with E-state index in [1.165, 1.54) is 0 Å². The van der Waals surface area contributed by atoms with Gasteiger partial charge in [0.1, 0.15) is 17.6 Å². The predicted octanol–water partition coefficient (Wildman–Crippen LogP) is 2.17. The van der Waals surface area contributed by atoms with Gasteiger partial charge >= 0.3 is 0 Å². The average Bonchev–Trinajstić information content (AvgIpc) is 3.29. The van der Waals surface area contributed by atoms with E-state index >= 15 is 0 Å². The van der Waals surface area contributed by atoms with Crippen LogP contribution in [0.2, 0.25) is 0 Å². The highest BCUT2D eigenvalue weighted by Crippen LogP contribution is 2.29. The van der Waals surface area contributed by atoms with E-state index in [4.69, 9.17) is 9.47 Å². The molecule has 0 bridgehead atoms. The molecule has 27 heavy (non-hydrogen) atoms. The number of carbonyl (C=O) groups excluding carboxylic acids is 2. The third kappa shape index (κ3) is 3.60. The molecule has 2 atom stereocenters. The second kappa shape index (κ2) is 7.31. The van der Waals surface area contributed by atoms with Crippen molar-refractivity contribution in [3.63, 3.8) is 0 Å². The minimum Gasteiger partial charge on any atom is -0.497 e. The largest absolute Gasteiger partial charge is 0.497 e. The summed E-state index contributed by atoms with van der Waals surface area (Å²) in [4.78, 5) is 26.6. The second-order valence-electron chi connectivity index (χ2n) is 6.90. The first-order valence-electron chi connectivity index (χ1n) is 9.10. The molecule has 2 heterocycles. The lowest BCUT2D eigenvalue weighted by atomic mass is 10.1. The smallest absolute Gasteiger partial charge is 0.227 e. The number of nitrogens with zero attached hydrogens (tertiary/aromatic N) is 1. The SMILES string of the molecule is COc1cccc(N2CC(C(=O)NCC3Cc4ccccc4O3)CC2=O)c1. The van der Waals surface area contributed by atoms with E-state index in [-0.39, 0.29) is 30.3 Å². The normalized spacial score (nSPS) is 20.9. The second-order valence-corrected chi connectivity index (χ2v) is 6.90. The fourth-order valence-corrected chi connectivity index (χ4v) is 3.64. The van der Waals surface area contributed by atoms with Gasteiger partial charge in [-0.1, -0.05) is 24.3 Å². The molecule has 1 saturated heterocycles. The number of carbonyl (C=O) groups is 2. The Kier molecular flexibility index (Phi) is 4.71. The molecule has 2 aromatic carbocycles. The summed E-state index contributed by atoms with van der Waals surface area (Å²) in [6.45, 7) is 0.820. The Morgan fingerprint density at radius 2 is 2.07 bits per heavy atom. The molecule has 1 N–H and O–H groups in total. The summed E-state index contributed by atoms with van der Waals surface area (Å²) in [5.41, 5.74) is 1.92. The number of rotatable bonds is 5. The van der Waals surface area contributed by atoms with E-state index < -0.39 is 0 Å². The highest BCUT2D eigenvalue weighted by Gasteiger charge is 2.35. The Labute approximate surface area is 158 Å². The van der Waals surface area contributed by atoms with Crippen molar-refractivity contribution in [2.45, 2.75) is 18.9 Å². The monoisotopic (exact) mass is 366 g/mol. The Bertz CT molecular complexity index is 842. The Balaban J connectivity index is 1.33. The molecule has 0 spiro atoms. The van der Waals surface area contributed by atoms with Crippen LogP contribution >= 0.6 is 0 Å². The van der Waals surface area contributed by atoms with Gasteiger partial charge in [0, 0.05) is 31.1 Å². The van der Waals surface area contributed by atoms with E-state index in [1.54, 1.807) is 12.0 Å². The van der Waals surface area contributed by atoms with Gasteiger partial charge in [0.2, 0.25) is 11.8 Å². The Hall–Kier alpha value is -3.02. The molecule has 2 unspecified atom stereocenters. The molecule has 0 saturated carbocycles. The first kappa shape index (κ1) is 17.4. The molecular formula is C21H22N2O4. The van der Waals surface area contributed by atoms with E-state index in [0.29, 0.717) is 18.8 Å². The first-order valence-corrected chi connectivity index (χ1v) is 9.10. The van der Waals surface area contributed by atoms with Crippen LogP contribution in [0.5, 0.6) is 11.5 Å². The van der Waals surface area contributed by atoms with Crippen molar-refractivity contribution in [3.05, 3.63) is 54.1 Å². The standard InChI is InChI=1S/C21H22N2O4/c1-26-17-7-4-6-16(11-17)23-13-15(10-20(23)24)21(25)22-12-18-9-14-5-2-3-8-19(14)27-18/h2-8,11,15,18H,9-10,12-13H2,1H3,(H,22,25). The van der Waals surface area contributed by atoms with Crippen molar-refractivity contribution >= 4 is 17.5 Å². The summed E-state index contributed by atoms with van der Waals surface area (Å²) >= 11 is 0. The van der Waals surface area contributed by atoms with Crippen LogP contribution in [0.1, 0.15) is 12.0 Å². The quantitative estimate of drug-likeness (QED) is 0.881.